The standard InChI is InChI=1S/C18H23N5/c1-14-12-15(2)20-18(19-14)22-21-17-8-10-23(11-9-17)13-16-6-4-3-5-7-16/h3-7,12H,8-11,13H2,1-2H3,(H,19,20,22). The molecule has 1 aromatic carbocycles. The van der Waals surface area contributed by atoms with Gasteiger partial charge in [-0.15, -0.1) is 0 Å². The lowest BCUT2D eigenvalue weighted by Gasteiger charge is -2.27. The van der Waals surface area contributed by atoms with Crippen LogP contribution in [0.1, 0.15) is 29.8 Å². The molecule has 1 aliphatic heterocycles. The maximum atomic E-state index is 4.49. The Kier molecular flexibility index (Phi) is 4.98. The predicted octanol–water partition coefficient (Wildman–Crippen LogP) is 3.16. The summed E-state index contributed by atoms with van der Waals surface area (Å²) in [7, 11) is 0. The number of anilines is 1. The van der Waals surface area contributed by atoms with Crippen LogP contribution in [0.15, 0.2) is 41.5 Å². The predicted molar refractivity (Wildman–Crippen MR) is 93.5 cm³/mol. The highest BCUT2D eigenvalue weighted by Crippen LogP contribution is 2.12. The average molecular weight is 309 g/mol. The fourth-order valence-electron chi connectivity index (χ4n) is 2.83. The Morgan fingerprint density at radius 1 is 1.04 bits per heavy atom. The maximum Gasteiger partial charge on any atom is 0.243 e. The van der Waals surface area contributed by atoms with Crippen molar-refractivity contribution in [1.82, 2.24) is 14.9 Å². The van der Waals surface area contributed by atoms with E-state index in [1.54, 1.807) is 0 Å². The number of hydrogen-bond donors (Lipinski definition) is 1. The summed E-state index contributed by atoms with van der Waals surface area (Å²) in [5, 5.41) is 4.49. The monoisotopic (exact) mass is 309 g/mol. The number of nitrogens with one attached hydrogen (secondary N) is 1. The molecule has 5 nitrogen and oxygen atoms in total. The molecule has 5 heteroatoms. The Labute approximate surface area is 137 Å². The number of hydrazone groups is 1. The van der Waals surface area contributed by atoms with Gasteiger partial charge in [-0.05, 0) is 25.5 Å². The minimum absolute atomic E-state index is 0.585. The van der Waals surface area contributed by atoms with E-state index in [-0.39, 0.29) is 0 Å². The Balaban J connectivity index is 1.52. The molecule has 0 saturated carbocycles. The Morgan fingerprint density at radius 3 is 2.35 bits per heavy atom. The van der Waals surface area contributed by atoms with E-state index in [4.69, 9.17) is 0 Å². The van der Waals surface area contributed by atoms with Crippen LogP contribution in [0.5, 0.6) is 0 Å². The number of aryl methyl sites for hydroxylation is 2. The second-order valence-corrected chi connectivity index (χ2v) is 6.03. The third kappa shape index (κ3) is 4.60. The summed E-state index contributed by atoms with van der Waals surface area (Å²) in [4.78, 5) is 11.2. The Hall–Kier alpha value is -2.27. The number of piperidine rings is 1. The molecule has 120 valence electrons. The highest BCUT2D eigenvalue weighted by atomic mass is 15.4. The first-order valence-electron chi connectivity index (χ1n) is 8.09. The number of aromatic nitrogens is 2. The van der Waals surface area contributed by atoms with Crippen molar-refractivity contribution >= 4 is 11.7 Å². The molecule has 0 amide bonds. The fourth-order valence-corrected chi connectivity index (χ4v) is 2.83. The van der Waals surface area contributed by atoms with Crippen LogP contribution in [0.25, 0.3) is 0 Å². The Bertz CT molecular complexity index is 651. The molecule has 0 bridgehead atoms. The van der Waals surface area contributed by atoms with Crippen LogP contribution >= 0.6 is 0 Å². The van der Waals surface area contributed by atoms with Crippen molar-refractivity contribution in [2.45, 2.75) is 33.2 Å². The van der Waals surface area contributed by atoms with Crippen molar-refractivity contribution in [3.05, 3.63) is 53.3 Å². The van der Waals surface area contributed by atoms with E-state index in [9.17, 15) is 0 Å². The number of hydrogen-bond acceptors (Lipinski definition) is 5. The summed E-state index contributed by atoms with van der Waals surface area (Å²) in [5.41, 5.74) is 7.48. The molecule has 1 aromatic heterocycles. The SMILES string of the molecule is Cc1cc(C)nc(NN=C2CCN(Cc3ccccc3)CC2)n1. The smallest absolute Gasteiger partial charge is 0.243 e. The zero-order valence-corrected chi connectivity index (χ0v) is 13.8. The first-order valence-corrected chi connectivity index (χ1v) is 8.09. The molecule has 0 spiro atoms. The second kappa shape index (κ2) is 7.33. The van der Waals surface area contributed by atoms with Crippen molar-refractivity contribution in [3.8, 4) is 0 Å². The van der Waals surface area contributed by atoms with Gasteiger partial charge in [0.2, 0.25) is 5.95 Å². The van der Waals surface area contributed by atoms with E-state index in [1.807, 2.05) is 19.9 Å². The van der Waals surface area contributed by atoms with E-state index in [2.05, 4.69) is 55.7 Å². The minimum atomic E-state index is 0.585. The molecule has 0 unspecified atom stereocenters. The van der Waals surface area contributed by atoms with E-state index >= 15 is 0 Å². The van der Waals surface area contributed by atoms with Gasteiger partial charge in [-0.3, -0.25) is 4.90 Å². The van der Waals surface area contributed by atoms with Crippen molar-refractivity contribution in [2.24, 2.45) is 5.10 Å². The van der Waals surface area contributed by atoms with Crippen LogP contribution < -0.4 is 5.43 Å². The van der Waals surface area contributed by atoms with E-state index in [0.717, 1.165) is 43.9 Å². The molecule has 3 rings (SSSR count). The van der Waals surface area contributed by atoms with Gasteiger partial charge in [-0.2, -0.15) is 5.10 Å². The topological polar surface area (TPSA) is 53.4 Å². The lowest BCUT2D eigenvalue weighted by Crippen LogP contribution is -2.33. The lowest BCUT2D eigenvalue weighted by molar-refractivity contribution is 0.266. The van der Waals surface area contributed by atoms with Crippen LogP contribution in [0, 0.1) is 13.8 Å². The average Bonchev–Trinajstić information content (AvgIpc) is 2.54. The van der Waals surface area contributed by atoms with Crippen molar-refractivity contribution in [2.75, 3.05) is 18.5 Å². The molecule has 0 atom stereocenters. The van der Waals surface area contributed by atoms with Gasteiger partial charge in [0, 0.05) is 49.6 Å². The number of rotatable bonds is 4. The summed E-state index contributed by atoms with van der Waals surface area (Å²) in [6.45, 7) is 7.04. The molecule has 2 heterocycles. The quantitative estimate of drug-likeness (QED) is 0.882. The zero-order valence-electron chi connectivity index (χ0n) is 13.8. The minimum Gasteiger partial charge on any atom is -0.298 e. The van der Waals surface area contributed by atoms with Crippen LogP contribution in [0.4, 0.5) is 5.95 Å². The lowest BCUT2D eigenvalue weighted by atomic mass is 10.1. The molecule has 23 heavy (non-hydrogen) atoms. The van der Waals surface area contributed by atoms with E-state index < -0.39 is 0 Å². The molecule has 1 aliphatic rings. The number of nitrogens with zero attached hydrogens (tertiary/aromatic N) is 4. The van der Waals surface area contributed by atoms with E-state index in [0.29, 0.717) is 5.95 Å². The summed E-state index contributed by atoms with van der Waals surface area (Å²) in [5.74, 6) is 0.585. The Morgan fingerprint density at radius 2 is 1.70 bits per heavy atom. The molecule has 0 radical (unpaired) electrons. The summed E-state index contributed by atoms with van der Waals surface area (Å²) < 4.78 is 0. The van der Waals surface area contributed by atoms with Crippen LogP contribution in [0.3, 0.4) is 0 Å². The van der Waals surface area contributed by atoms with E-state index in [1.165, 1.54) is 11.3 Å². The van der Waals surface area contributed by atoms with Crippen molar-refractivity contribution < 1.29 is 0 Å². The highest BCUT2D eigenvalue weighted by Gasteiger charge is 2.15. The van der Waals surface area contributed by atoms with Crippen LogP contribution in [-0.4, -0.2) is 33.7 Å². The largest absolute Gasteiger partial charge is 0.298 e. The van der Waals surface area contributed by atoms with Gasteiger partial charge < -0.3 is 0 Å². The fraction of sp³-hybridized carbons (Fsp3) is 0.389. The molecule has 0 aliphatic carbocycles. The molecule has 1 fully saturated rings. The second-order valence-electron chi connectivity index (χ2n) is 6.03. The maximum absolute atomic E-state index is 4.49. The zero-order chi connectivity index (χ0) is 16.1. The third-order valence-corrected chi connectivity index (χ3v) is 3.98. The normalized spacial score (nSPS) is 15.5. The molecular formula is C18H23N5. The van der Waals surface area contributed by atoms with Crippen molar-refractivity contribution in [1.29, 1.82) is 0 Å². The molecule has 2 aromatic rings. The van der Waals surface area contributed by atoms with Gasteiger partial charge in [0.05, 0.1) is 0 Å². The van der Waals surface area contributed by atoms with Gasteiger partial charge >= 0.3 is 0 Å². The van der Waals surface area contributed by atoms with Gasteiger partial charge in [0.1, 0.15) is 0 Å². The number of benzene rings is 1. The van der Waals surface area contributed by atoms with Gasteiger partial charge in [0.25, 0.3) is 0 Å². The van der Waals surface area contributed by atoms with Crippen LogP contribution in [-0.2, 0) is 6.54 Å². The molecule has 1 saturated heterocycles. The number of likely N-dealkylation sites (tertiary alicyclic amines) is 1. The van der Waals surface area contributed by atoms with Gasteiger partial charge in [0.15, 0.2) is 0 Å². The third-order valence-electron chi connectivity index (χ3n) is 3.98. The first kappa shape index (κ1) is 15.6. The van der Waals surface area contributed by atoms with Gasteiger partial charge in [-0.1, -0.05) is 30.3 Å². The summed E-state index contributed by atoms with van der Waals surface area (Å²) in [6.07, 6.45) is 1.98. The summed E-state index contributed by atoms with van der Waals surface area (Å²) >= 11 is 0. The molecular weight excluding hydrogens is 286 g/mol. The van der Waals surface area contributed by atoms with Crippen molar-refractivity contribution in [3.63, 3.8) is 0 Å². The highest BCUT2D eigenvalue weighted by molar-refractivity contribution is 5.85. The molecule has 1 N–H and O–H groups in total. The summed E-state index contributed by atoms with van der Waals surface area (Å²) in [6, 6.07) is 12.6. The first-order chi connectivity index (χ1) is 11.2. The van der Waals surface area contributed by atoms with Gasteiger partial charge in [-0.25, -0.2) is 15.4 Å². The van der Waals surface area contributed by atoms with Crippen LogP contribution in [0.2, 0.25) is 0 Å².